The second kappa shape index (κ2) is 7.54. The molecule has 0 aromatic rings. The van der Waals surface area contributed by atoms with E-state index >= 15 is 0 Å². The van der Waals surface area contributed by atoms with E-state index in [1.165, 1.54) is 0 Å². The number of amides is 1. The van der Waals surface area contributed by atoms with Crippen molar-refractivity contribution >= 4 is 6.09 Å². The molecule has 102 valence electrons. The monoisotopic (exact) mass is 245 g/mol. The first-order valence-corrected chi connectivity index (χ1v) is 6.44. The fraction of sp³-hybridized carbons (Fsp3) is 0.923. The van der Waals surface area contributed by atoms with E-state index in [9.17, 15) is 4.79 Å². The molecule has 4 heteroatoms. The first-order valence-electron chi connectivity index (χ1n) is 6.44. The summed E-state index contributed by atoms with van der Waals surface area (Å²) < 4.78 is 10.3. The fourth-order valence-corrected chi connectivity index (χ4v) is 1.18. The van der Waals surface area contributed by atoms with Gasteiger partial charge in [-0.1, -0.05) is 34.6 Å². The van der Waals surface area contributed by atoms with E-state index in [2.05, 4.69) is 26.1 Å². The predicted octanol–water partition coefficient (Wildman–Crippen LogP) is 2.96. The molecule has 0 radical (unpaired) electrons. The molecular formula is C13H27NO3. The minimum Gasteiger partial charge on any atom is -0.444 e. The highest BCUT2D eigenvalue weighted by Crippen LogP contribution is 2.18. The molecule has 1 amide bonds. The summed E-state index contributed by atoms with van der Waals surface area (Å²) in [6.45, 7) is 13.4. The van der Waals surface area contributed by atoms with E-state index in [4.69, 9.17) is 9.47 Å². The summed E-state index contributed by atoms with van der Waals surface area (Å²) in [4.78, 5) is 11.5. The van der Waals surface area contributed by atoms with Gasteiger partial charge in [0.15, 0.2) is 0 Å². The summed E-state index contributed by atoms with van der Waals surface area (Å²) in [5, 5.41) is 2.83. The number of rotatable bonds is 2. The van der Waals surface area contributed by atoms with Gasteiger partial charge in [0.2, 0.25) is 0 Å². The van der Waals surface area contributed by atoms with Gasteiger partial charge in [0.05, 0.1) is 13.2 Å². The Morgan fingerprint density at radius 1 is 1.41 bits per heavy atom. The first kappa shape index (κ1) is 16.2. The molecule has 1 aliphatic heterocycles. The lowest BCUT2D eigenvalue weighted by Gasteiger charge is -2.28. The third-order valence-electron chi connectivity index (χ3n) is 2.80. The highest BCUT2D eigenvalue weighted by atomic mass is 16.6. The molecule has 4 nitrogen and oxygen atoms in total. The molecule has 2 unspecified atom stereocenters. The molecule has 1 heterocycles. The van der Waals surface area contributed by atoms with Crippen LogP contribution >= 0.6 is 0 Å². The third-order valence-corrected chi connectivity index (χ3v) is 2.80. The van der Waals surface area contributed by atoms with Crippen molar-refractivity contribution in [2.45, 2.75) is 60.1 Å². The van der Waals surface area contributed by atoms with E-state index in [1.807, 2.05) is 20.8 Å². The van der Waals surface area contributed by atoms with Gasteiger partial charge in [-0.05, 0) is 12.3 Å². The van der Waals surface area contributed by atoms with Crippen molar-refractivity contribution in [3.05, 3.63) is 0 Å². The SMILES string of the molecule is CC.CC(NC(=O)OC1CCOC1)C(C)(C)C. The molecule has 0 bridgehead atoms. The largest absolute Gasteiger partial charge is 0.444 e. The van der Waals surface area contributed by atoms with Crippen LogP contribution in [0, 0.1) is 5.41 Å². The molecule has 1 N–H and O–H groups in total. The summed E-state index contributed by atoms with van der Waals surface area (Å²) in [5.74, 6) is 0. The Hall–Kier alpha value is -0.770. The van der Waals surface area contributed by atoms with E-state index < -0.39 is 0 Å². The molecule has 0 aliphatic carbocycles. The molecule has 1 rings (SSSR count). The van der Waals surface area contributed by atoms with Gasteiger partial charge in [-0.15, -0.1) is 0 Å². The lowest BCUT2D eigenvalue weighted by molar-refractivity contribution is 0.0772. The van der Waals surface area contributed by atoms with Crippen LogP contribution in [-0.2, 0) is 9.47 Å². The molecule has 1 aliphatic rings. The van der Waals surface area contributed by atoms with Crippen LogP contribution in [-0.4, -0.2) is 31.5 Å². The van der Waals surface area contributed by atoms with Gasteiger partial charge in [0.25, 0.3) is 0 Å². The van der Waals surface area contributed by atoms with Crippen LogP contribution in [0.4, 0.5) is 4.79 Å². The Morgan fingerprint density at radius 2 is 2.00 bits per heavy atom. The minimum absolute atomic E-state index is 0.0468. The van der Waals surface area contributed by atoms with Gasteiger partial charge in [-0.2, -0.15) is 0 Å². The second-order valence-corrected chi connectivity index (χ2v) is 5.12. The Kier molecular flexibility index (Phi) is 7.19. The first-order chi connectivity index (χ1) is 7.89. The Balaban J connectivity index is 0.00000121. The molecular weight excluding hydrogens is 218 g/mol. The van der Waals surface area contributed by atoms with Crippen molar-refractivity contribution in [2.75, 3.05) is 13.2 Å². The van der Waals surface area contributed by atoms with Crippen LogP contribution in [0.5, 0.6) is 0 Å². The van der Waals surface area contributed by atoms with Gasteiger partial charge in [-0.3, -0.25) is 0 Å². The summed E-state index contributed by atoms with van der Waals surface area (Å²) in [5.41, 5.74) is 0.0468. The van der Waals surface area contributed by atoms with Crippen LogP contribution in [0.3, 0.4) is 0 Å². The lowest BCUT2D eigenvalue weighted by Crippen LogP contribution is -2.42. The number of ether oxygens (including phenoxy) is 2. The summed E-state index contributed by atoms with van der Waals surface area (Å²) >= 11 is 0. The van der Waals surface area contributed by atoms with Crippen molar-refractivity contribution < 1.29 is 14.3 Å². The highest BCUT2D eigenvalue weighted by molar-refractivity contribution is 5.67. The van der Waals surface area contributed by atoms with Crippen LogP contribution in [0.15, 0.2) is 0 Å². The van der Waals surface area contributed by atoms with Crippen LogP contribution in [0.2, 0.25) is 0 Å². The lowest BCUT2D eigenvalue weighted by atomic mass is 9.88. The molecule has 17 heavy (non-hydrogen) atoms. The Bertz CT molecular complexity index is 217. The molecule has 0 aromatic heterocycles. The maximum Gasteiger partial charge on any atom is 0.407 e. The Morgan fingerprint density at radius 3 is 2.41 bits per heavy atom. The van der Waals surface area contributed by atoms with Gasteiger partial charge in [0.1, 0.15) is 6.10 Å². The Labute approximate surface area is 105 Å². The van der Waals surface area contributed by atoms with Crippen molar-refractivity contribution in [1.29, 1.82) is 0 Å². The zero-order valence-corrected chi connectivity index (χ0v) is 12.0. The highest BCUT2D eigenvalue weighted by Gasteiger charge is 2.25. The topological polar surface area (TPSA) is 47.6 Å². The van der Waals surface area contributed by atoms with Gasteiger partial charge < -0.3 is 14.8 Å². The summed E-state index contributed by atoms with van der Waals surface area (Å²) in [7, 11) is 0. The number of carbonyl (C=O) groups is 1. The number of nitrogens with one attached hydrogen (secondary N) is 1. The predicted molar refractivity (Wildman–Crippen MR) is 69.1 cm³/mol. The van der Waals surface area contributed by atoms with E-state index in [0.717, 1.165) is 6.42 Å². The third kappa shape index (κ3) is 6.51. The van der Waals surface area contributed by atoms with E-state index in [-0.39, 0.29) is 23.7 Å². The van der Waals surface area contributed by atoms with Crippen LogP contribution in [0.1, 0.15) is 48.0 Å². The van der Waals surface area contributed by atoms with Crippen molar-refractivity contribution in [3.8, 4) is 0 Å². The number of carbonyl (C=O) groups excluding carboxylic acids is 1. The quantitative estimate of drug-likeness (QED) is 0.813. The molecule has 0 aromatic carbocycles. The standard InChI is InChI=1S/C11H21NO3.C2H6/c1-8(11(2,3)4)12-10(13)15-9-5-6-14-7-9;1-2/h8-9H,5-7H2,1-4H3,(H,12,13);1-2H3. The second-order valence-electron chi connectivity index (χ2n) is 5.12. The summed E-state index contributed by atoms with van der Waals surface area (Å²) in [6.07, 6.45) is 0.391. The van der Waals surface area contributed by atoms with Crippen LogP contribution in [0.25, 0.3) is 0 Å². The van der Waals surface area contributed by atoms with Gasteiger partial charge in [0, 0.05) is 12.5 Å². The number of alkyl carbamates (subject to hydrolysis) is 1. The van der Waals surface area contributed by atoms with Crippen LogP contribution < -0.4 is 5.32 Å². The number of hydrogen-bond donors (Lipinski definition) is 1. The molecule has 0 spiro atoms. The molecule has 1 fully saturated rings. The zero-order valence-electron chi connectivity index (χ0n) is 12.0. The van der Waals surface area contributed by atoms with Crippen molar-refractivity contribution in [2.24, 2.45) is 5.41 Å². The number of hydrogen-bond acceptors (Lipinski definition) is 3. The van der Waals surface area contributed by atoms with E-state index in [0.29, 0.717) is 13.2 Å². The maximum atomic E-state index is 11.5. The average molecular weight is 245 g/mol. The van der Waals surface area contributed by atoms with Crippen molar-refractivity contribution in [3.63, 3.8) is 0 Å². The minimum atomic E-state index is -0.340. The van der Waals surface area contributed by atoms with Gasteiger partial charge >= 0.3 is 6.09 Å². The maximum absolute atomic E-state index is 11.5. The molecule has 0 saturated carbocycles. The fourth-order valence-electron chi connectivity index (χ4n) is 1.18. The summed E-state index contributed by atoms with van der Waals surface area (Å²) in [6, 6.07) is 0.0901. The average Bonchev–Trinajstić information content (AvgIpc) is 2.71. The molecule has 2 atom stereocenters. The smallest absolute Gasteiger partial charge is 0.407 e. The van der Waals surface area contributed by atoms with Crippen molar-refractivity contribution in [1.82, 2.24) is 5.32 Å². The van der Waals surface area contributed by atoms with Gasteiger partial charge in [-0.25, -0.2) is 4.79 Å². The zero-order chi connectivity index (χ0) is 13.5. The normalized spacial score (nSPS) is 21.2. The van der Waals surface area contributed by atoms with E-state index in [1.54, 1.807) is 0 Å². The molecule has 1 saturated heterocycles.